The van der Waals surface area contributed by atoms with Gasteiger partial charge in [-0.2, -0.15) is 5.10 Å². The average molecular weight is 306 g/mol. The first-order chi connectivity index (χ1) is 9.61. The minimum atomic E-state index is -0.427. The summed E-state index contributed by atoms with van der Waals surface area (Å²) in [6, 6.07) is 8.97. The molecule has 0 unspecified atom stereocenters. The summed E-state index contributed by atoms with van der Waals surface area (Å²) >= 11 is 3.27. The summed E-state index contributed by atoms with van der Waals surface area (Å²) in [5.41, 5.74) is 3.29. The van der Waals surface area contributed by atoms with Gasteiger partial charge in [-0.3, -0.25) is 4.79 Å². The van der Waals surface area contributed by atoms with E-state index in [0.29, 0.717) is 5.56 Å². The third-order valence-electron chi connectivity index (χ3n) is 2.64. The second-order valence-electron chi connectivity index (χ2n) is 4.03. The van der Waals surface area contributed by atoms with Gasteiger partial charge in [-0.1, -0.05) is 12.1 Å². The molecule has 4 nitrogen and oxygen atoms in total. The first kappa shape index (κ1) is 14.6. The number of para-hydroxylation sites is 1. The third-order valence-corrected chi connectivity index (χ3v) is 4.75. The van der Waals surface area contributed by atoms with E-state index in [-0.39, 0.29) is 11.3 Å². The van der Waals surface area contributed by atoms with Crippen LogP contribution in [0.2, 0.25) is 0 Å². The van der Waals surface area contributed by atoms with Crippen molar-refractivity contribution in [3.63, 3.8) is 0 Å². The van der Waals surface area contributed by atoms with E-state index in [0.717, 1.165) is 4.88 Å². The quantitative estimate of drug-likeness (QED) is 0.518. The molecule has 20 heavy (non-hydrogen) atoms. The molecular weight excluding hydrogens is 292 g/mol. The van der Waals surface area contributed by atoms with E-state index in [1.807, 2.05) is 18.4 Å². The van der Waals surface area contributed by atoms with Crippen molar-refractivity contribution in [1.29, 1.82) is 0 Å². The number of nitrogens with one attached hydrogen (secondary N) is 1. The maximum absolute atomic E-state index is 11.9. The number of hydrogen-bond acceptors (Lipinski definition) is 5. The number of amides is 1. The molecule has 0 saturated carbocycles. The van der Waals surface area contributed by atoms with Gasteiger partial charge >= 0.3 is 0 Å². The van der Waals surface area contributed by atoms with Gasteiger partial charge in [-0.05, 0) is 36.9 Å². The number of phenols is 1. The highest BCUT2D eigenvalue weighted by Crippen LogP contribution is 2.24. The molecule has 6 heteroatoms. The fraction of sp³-hybridized carbons (Fsp3) is 0.143. The molecule has 1 amide bonds. The van der Waals surface area contributed by atoms with Crippen molar-refractivity contribution in [2.75, 3.05) is 6.26 Å². The summed E-state index contributed by atoms with van der Waals surface area (Å²) in [4.78, 5) is 12.8. The maximum Gasteiger partial charge on any atom is 0.275 e. The van der Waals surface area contributed by atoms with Crippen molar-refractivity contribution in [3.05, 3.63) is 46.3 Å². The van der Waals surface area contributed by atoms with Gasteiger partial charge in [0.2, 0.25) is 0 Å². The van der Waals surface area contributed by atoms with Crippen LogP contribution in [0.3, 0.4) is 0 Å². The van der Waals surface area contributed by atoms with Gasteiger partial charge in [-0.25, -0.2) is 5.43 Å². The van der Waals surface area contributed by atoms with E-state index in [4.69, 9.17) is 0 Å². The third kappa shape index (κ3) is 3.40. The van der Waals surface area contributed by atoms with E-state index in [1.54, 1.807) is 54.4 Å². The van der Waals surface area contributed by atoms with E-state index < -0.39 is 5.91 Å². The fourth-order valence-electron chi connectivity index (χ4n) is 1.57. The summed E-state index contributed by atoms with van der Waals surface area (Å²) in [5.74, 6) is -0.440. The molecular formula is C14H14N2O2S2. The van der Waals surface area contributed by atoms with E-state index in [1.165, 1.54) is 4.21 Å². The Hall–Kier alpha value is -1.79. The van der Waals surface area contributed by atoms with Crippen LogP contribution in [-0.4, -0.2) is 23.5 Å². The molecule has 104 valence electrons. The predicted molar refractivity (Wildman–Crippen MR) is 84.0 cm³/mol. The standard InChI is InChI=1S/C14H14N2O2S2/c1-9-4-3-5-11(13(9)17)14(18)16-15-8-10-6-7-12(19-2)20-10/h3-8,17H,1-2H3,(H,16,18)/b15-8+. The molecule has 0 spiro atoms. The number of rotatable bonds is 4. The van der Waals surface area contributed by atoms with Gasteiger partial charge in [0.05, 0.1) is 16.0 Å². The van der Waals surface area contributed by atoms with E-state index in [9.17, 15) is 9.90 Å². The zero-order valence-electron chi connectivity index (χ0n) is 11.1. The second kappa shape index (κ2) is 6.58. The van der Waals surface area contributed by atoms with Gasteiger partial charge in [0.1, 0.15) is 5.75 Å². The number of aromatic hydroxyl groups is 1. The molecule has 2 rings (SSSR count). The number of carbonyl (C=O) groups is 1. The molecule has 0 aliphatic carbocycles. The Labute approximate surface area is 125 Å². The van der Waals surface area contributed by atoms with Crippen LogP contribution < -0.4 is 5.43 Å². The van der Waals surface area contributed by atoms with Crippen molar-refractivity contribution >= 4 is 35.2 Å². The lowest BCUT2D eigenvalue weighted by Gasteiger charge is -2.04. The zero-order chi connectivity index (χ0) is 14.5. The summed E-state index contributed by atoms with van der Waals surface area (Å²) in [6.45, 7) is 1.74. The summed E-state index contributed by atoms with van der Waals surface area (Å²) in [7, 11) is 0. The minimum Gasteiger partial charge on any atom is -0.507 e. The van der Waals surface area contributed by atoms with Crippen molar-refractivity contribution in [3.8, 4) is 5.75 Å². The molecule has 0 saturated heterocycles. The van der Waals surface area contributed by atoms with Crippen LogP contribution in [0.5, 0.6) is 5.75 Å². The Balaban J connectivity index is 2.03. The largest absolute Gasteiger partial charge is 0.507 e. The Kier molecular flexibility index (Phi) is 4.81. The SMILES string of the molecule is CSc1ccc(/C=N/NC(=O)c2cccc(C)c2O)s1. The number of phenolic OH excluding ortho intramolecular Hbond substituents is 1. The lowest BCUT2D eigenvalue weighted by atomic mass is 10.1. The Morgan fingerprint density at radius 1 is 1.40 bits per heavy atom. The highest BCUT2D eigenvalue weighted by atomic mass is 32.2. The lowest BCUT2D eigenvalue weighted by molar-refractivity contribution is 0.0952. The Morgan fingerprint density at radius 3 is 2.90 bits per heavy atom. The molecule has 0 bridgehead atoms. The molecule has 1 aromatic carbocycles. The van der Waals surface area contributed by atoms with Crippen LogP contribution in [0.1, 0.15) is 20.8 Å². The van der Waals surface area contributed by atoms with Crippen LogP contribution in [0, 0.1) is 6.92 Å². The number of hydrogen-bond donors (Lipinski definition) is 2. The van der Waals surface area contributed by atoms with Crippen LogP contribution in [0.25, 0.3) is 0 Å². The van der Waals surface area contributed by atoms with Crippen LogP contribution >= 0.6 is 23.1 Å². The van der Waals surface area contributed by atoms with E-state index in [2.05, 4.69) is 10.5 Å². The van der Waals surface area contributed by atoms with Crippen LogP contribution in [-0.2, 0) is 0 Å². The number of aryl methyl sites for hydroxylation is 1. The van der Waals surface area contributed by atoms with E-state index >= 15 is 0 Å². The lowest BCUT2D eigenvalue weighted by Crippen LogP contribution is -2.17. The number of thiophene rings is 1. The predicted octanol–water partition coefficient (Wildman–Crippen LogP) is 3.25. The van der Waals surface area contributed by atoms with Gasteiger partial charge in [0.25, 0.3) is 5.91 Å². The monoisotopic (exact) mass is 306 g/mol. The Morgan fingerprint density at radius 2 is 2.20 bits per heavy atom. The summed E-state index contributed by atoms with van der Waals surface area (Å²) in [5, 5.41) is 13.7. The minimum absolute atomic E-state index is 0.0130. The topological polar surface area (TPSA) is 61.7 Å². The molecule has 0 aliphatic heterocycles. The van der Waals surface area contributed by atoms with Crippen molar-refractivity contribution in [2.45, 2.75) is 11.1 Å². The summed E-state index contributed by atoms with van der Waals surface area (Å²) in [6.07, 6.45) is 3.60. The second-order valence-corrected chi connectivity index (χ2v) is 6.25. The van der Waals surface area contributed by atoms with Gasteiger partial charge in [0, 0.05) is 4.88 Å². The van der Waals surface area contributed by atoms with Crippen molar-refractivity contribution in [2.24, 2.45) is 5.10 Å². The number of benzene rings is 1. The Bertz CT molecular complexity index is 650. The normalized spacial score (nSPS) is 10.9. The van der Waals surface area contributed by atoms with Crippen LogP contribution in [0.4, 0.5) is 0 Å². The molecule has 1 heterocycles. The molecule has 0 atom stereocenters. The first-order valence-electron chi connectivity index (χ1n) is 5.87. The van der Waals surface area contributed by atoms with Crippen molar-refractivity contribution in [1.82, 2.24) is 5.43 Å². The number of hydrazone groups is 1. The van der Waals surface area contributed by atoms with Crippen LogP contribution in [0.15, 0.2) is 39.6 Å². The maximum atomic E-state index is 11.9. The highest BCUT2D eigenvalue weighted by molar-refractivity contribution is 8.00. The molecule has 0 fully saturated rings. The van der Waals surface area contributed by atoms with Gasteiger partial charge in [-0.15, -0.1) is 23.1 Å². The number of thioether (sulfide) groups is 1. The molecule has 0 radical (unpaired) electrons. The summed E-state index contributed by atoms with van der Waals surface area (Å²) < 4.78 is 1.19. The van der Waals surface area contributed by atoms with Gasteiger partial charge in [0.15, 0.2) is 0 Å². The molecule has 0 aliphatic rings. The van der Waals surface area contributed by atoms with Crippen molar-refractivity contribution < 1.29 is 9.90 Å². The molecule has 2 aromatic rings. The molecule has 1 aromatic heterocycles. The highest BCUT2D eigenvalue weighted by Gasteiger charge is 2.11. The first-order valence-corrected chi connectivity index (χ1v) is 7.91. The molecule has 2 N–H and O–H groups in total. The average Bonchev–Trinajstić information content (AvgIpc) is 2.89. The smallest absolute Gasteiger partial charge is 0.275 e. The zero-order valence-corrected chi connectivity index (χ0v) is 12.7. The fourth-order valence-corrected chi connectivity index (χ4v) is 3.01. The van der Waals surface area contributed by atoms with Gasteiger partial charge < -0.3 is 5.11 Å². The number of nitrogens with zero attached hydrogens (tertiary/aromatic N) is 1. The number of carbonyl (C=O) groups excluding carboxylic acids is 1.